The van der Waals surface area contributed by atoms with Crippen molar-refractivity contribution in [1.82, 2.24) is 4.90 Å². The number of anilines is 1. The lowest BCUT2D eigenvalue weighted by atomic mass is 9.85. The molecular weight excluding hydrogens is 376 g/mol. The van der Waals surface area contributed by atoms with E-state index in [2.05, 4.69) is 4.90 Å². The van der Waals surface area contributed by atoms with Crippen LogP contribution in [0.15, 0.2) is 54.6 Å². The van der Waals surface area contributed by atoms with Crippen molar-refractivity contribution in [2.75, 3.05) is 11.4 Å². The first kappa shape index (κ1) is 17.6. The molecule has 3 saturated heterocycles. The molecule has 3 aliphatic heterocycles. The van der Waals surface area contributed by atoms with E-state index < -0.39 is 17.9 Å². The molecular formula is C22H19ClN2O3. The monoisotopic (exact) mass is 394 g/mol. The molecule has 4 atom stereocenters. The van der Waals surface area contributed by atoms with Gasteiger partial charge in [0.25, 0.3) is 0 Å². The van der Waals surface area contributed by atoms with Gasteiger partial charge in [-0.2, -0.15) is 0 Å². The molecule has 0 unspecified atom stereocenters. The minimum absolute atomic E-state index is 0.0525. The first-order chi connectivity index (χ1) is 13.6. The van der Waals surface area contributed by atoms with Gasteiger partial charge in [-0.3, -0.25) is 19.3 Å². The Morgan fingerprint density at radius 2 is 1.71 bits per heavy atom. The number of hydrogen-bond donors (Lipinski definition) is 0. The molecule has 0 aliphatic carbocycles. The van der Waals surface area contributed by atoms with Crippen LogP contribution in [-0.2, 0) is 9.59 Å². The van der Waals surface area contributed by atoms with Gasteiger partial charge in [0.2, 0.25) is 11.8 Å². The smallest absolute Gasteiger partial charge is 0.239 e. The molecule has 2 aromatic carbocycles. The number of benzene rings is 2. The fourth-order valence-corrected chi connectivity index (χ4v) is 5.34. The van der Waals surface area contributed by atoms with Gasteiger partial charge >= 0.3 is 0 Å². The van der Waals surface area contributed by atoms with E-state index in [1.807, 2.05) is 18.2 Å². The predicted molar refractivity (Wildman–Crippen MR) is 105 cm³/mol. The summed E-state index contributed by atoms with van der Waals surface area (Å²) in [5, 5.41) is 0.467. The van der Waals surface area contributed by atoms with Crippen LogP contribution in [0.1, 0.15) is 23.2 Å². The van der Waals surface area contributed by atoms with E-state index in [1.54, 1.807) is 36.4 Å². The number of Topliss-reactive ketones (excluding diaryl/α,β-unsaturated/α-hetero) is 1. The van der Waals surface area contributed by atoms with E-state index in [-0.39, 0.29) is 23.6 Å². The third-order valence-electron chi connectivity index (χ3n) is 6.25. The van der Waals surface area contributed by atoms with Crippen molar-refractivity contribution in [3.63, 3.8) is 0 Å². The van der Waals surface area contributed by atoms with E-state index in [9.17, 15) is 14.4 Å². The lowest BCUT2D eigenvalue weighted by Gasteiger charge is -2.27. The Balaban J connectivity index is 1.56. The summed E-state index contributed by atoms with van der Waals surface area (Å²) in [7, 11) is 0. The second-order valence-corrected chi connectivity index (χ2v) is 8.10. The summed E-state index contributed by atoms with van der Waals surface area (Å²) < 4.78 is 0. The normalized spacial score (nSPS) is 29.2. The summed E-state index contributed by atoms with van der Waals surface area (Å²) in [5.41, 5.74) is 1.06. The van der Waals surface area contributed by atoms with E-state index in [4.69, 9.17) is 11.6 Å². The summed E-state index contributed by atoms with van der Waals surface area (Å²) in [6, 6.07) is 15.2. The number of amides is 2. The van der Waals surface area contributed by atoms with Gasteiger partial charge in [-0.05, 0) is 37.6 Å². The number of ketones is 1. The molecule has 5 nitrogen and oxygen atoms in total. The molecule has 0 radical (unpaired) electrons. The molecule has 3 aliphatic rings. The van der Waals surface area contributed by atoms with Gasteiger partial charge in [-0.1, -0.05) is 48.0 Å². The number of hydrogen-bond acceptors (Lipinski definition) is 4. The first-order valence-corrected chi connectivity index (χ1v) is 9.94. The van der Waals surface area contributed by atoms with Gasteiger partial charge in [0, 0.05) is 16.6 Å². The minimum atomic E-state index is -0.635. The van der Waals surface area contributed by atoms with Crippen LogP contribution in [0, 0.1) is 11.8 Å². The predicted octanol–water partition coefficient (Wildman–Crippen LogP) is 3.18. The third-order valence-corrected chi connectivity index (χ3v) is 6.48. The number of rotatable bonds is 3. The van der Waals surface area contributed by atoms with E-state index in [0.29, 0.717) is 16.3 Å². The Hall–Kier alpha value is -2.50. The molecule has 0 aromatic heterocycles. The zero-order valence-corrected chi connectivity index (χ0v) is 15.9. The van der Waals surface area contributed by atoms with Crippen molar-refractivity contribution in [3.8, 4) is 0 Å². The number of nitrogens with zero attached hydrogens (tertiary/aromatic N) is 2. The maximum absolute atomic E-state index is 13.4. The van der Waals surface area contributed by atoms with Crippen molar-refractivity contribution >= 4 is 34.9 Å². The molecule has 0 saturated carbocycles. The second kappa shape index (κ2) is 6.54. The molecule has 2 amide bonds. The maximum atomic E-state index is 13.4. The SMILES string of the molecule is O=C(c1ccccc1)[C@@H]1[C@@H]2C(=O)N(c3cccc(Cl)c3)C(=O)[C@@H]2[C@@H]2CCCN12. The Labute approximate surface area is 167 Å². The zero-order valence-electron chi connectivity index (χ0n) is 15.1. The summed E-state index contributed by atoms with van der Waals surface area (Å²) in [6.07, 6.45) is 1.77. The van der Waals surface area contributed by atoms with E-state index >= 15 is 0 Å². The fourth-order valence-electron chi connectivity index (χ4n) is 5.16. The minimum Gasteiger partial charge on any atom is -0.292 e. The van der Waals surface area contributed by atoms with Crippen molar-refractivity contribution in [1.29, 1.82) is 0 Å². The van der Waals surface area contributed by atoms with Gasteiger partial charge in [-0.25, -0.2) is 4.90 Å². The molecule has 28 heavy (non-hydrogen) atoms. The molecule has 3 heterocycles. The Morgan fingerprint density at radius 1 is 0.964 bits per heavy atom. The van der Waals surface area contributed by atoms with Crippen LogP contribution in [0.2, 0.25) is 5.02 Å². The maximum Gasteiger partial charge on any atom is 0.239 e. The van der Waals surface area contributed by atoms with Gasteiger partial charge in [0.1, 0.15) is 0 Å². The lowest BCUT2D eigenvalue weighted by Crippen LogP contribution is -2.46. The number of halogens is 1. The Bertz CT molecular complexity index is 977. The quantitative estimate of drug-likeness (QED) is 0.592. The van der Waals surface area contributed by atoms with Crippen molar-refractivity contribution < 1.29 is 14.4 Å². The molecule has 2 aromatic rings. The highest BCUT2D eigenvalue weighted by molar-refractivity contribution is 6.31. The molecule has 6 heteroatoms. The van der Waals surface area contributed by atoms with Crippen molar-refractivity contribution in [3.05, 3.63) is 65.2 Å². The molecule has 0 N–H and O–H groups in total. The van der Waals surface area contributed by atoms with Gasteiger partial charge in [0.15, 0.2) is 5.78 Å². The van der Waals surface area contributed by atoms with Crippen LogP contribution < -0.4 is 4.90 Å². The molecule has 5 rings (SSSR count). The number of fused-ring (bicyclic) bond motifs is 3. The van der Waals surface area contributed by atoms with Gasteiger partial charge in [-0.15, -0.1) is 0 Å². The summed E-state index contributed by atoms with van der Waals surface area (Å²) >= 11 is 6.08. The summed E-state index contributed by atoms with van der Waals surface area (Å²) in [4.78, 5) is 43.3. The number of carbonyl (C=O) groups is 3. The van der Waals surface area contributed by atoms with Crippen LogP contribution in [0.4, 0.5) is 5.69 Å². The summed E-state index contributed by atoms with van der Waals surface area (Å²) in [6.45, 7) is 0.749. The van der Waals surface area contributed by atoms with Crippen LogP contribution in [0.5, 0.6) is 0 Å². The highest BCUT2D eigenvalue weighted by Gasteiger charge is 2.64. The Kier molecular flexibility index (Phi) is 4.11. The van der Waals surface area contributed by atoms with Crippen molar-refractivity contribution in [2.45, 2.75) is 24.9 Å². The standard InChI is InChI=1S/C22H19ClN2O3/c23-14-8-4-9-15(12-14)25-21(27)17-16-10-5-11-24(16)19(18(17)22(25)28)20(26)13-6-2-1-3-7-13/h1-4,6-9,12,16-19H,5,10-11H2/t16-,17+,18+,19-/m0/s1. The van der Waals surface area contributed by atoms with E-state index in [0.717, 1.165) is 19.4 Å². The molecule has 3 fully saturated rings. The second-order valence-electron chi connectivity index (χ2n) is 7.67. The zero-order chi connectivity index (χ0) is 19.4. The topological polar surface area (TPSA) is 57.7 Å². The highest BCUT2D eigenvalue weighted by Crippen LogP contribution is 2.48. The molecule has 0 spiro atoms. The molecule has 0 bridgehead atoms. The Morgan fingerprint density at radius 3 is 2.46 bits per heavy atom. The summed E-state index contributed by atoms with van der Waals surface area (Å²) in [5.74, 6) is -1.68. The largest absolute Gasteiger partial charge is 0.292 e. The van der Waals surface area contributed by atoms with Crippen LogP contribution >= 0.6 is 11.6 Å². The highest BCUT2D eigenvalue weighted by atomic mass is 35.5. The average Bonchev–Trinajstić information content (AvgIpc) is 3.34. The number of imide groups is 1. The van der Waals surface area contributed by atoms with Crippen LogP contribution in [0.25, 0.3) is 0 Å². The number of carbonyl (C=O) groups excluding carboxylic acids is 3. The van der Waals surface area contributed by atoms with E-state index in [1.165, 1.54) is 4.90 Å². The molecule has 142 valence electrons. The van der Waals surface area contributed by atoms with Crippen LogP contribution in [-0.4, -0.2) is 41.1 Å². The van der Waals surface area contributed by atoms with Gasteiger partial charge in [0.05, 0.1) is 23.6 Å². The fraction of sp³-hybridized carbons (Fsp3) is 0.318. The average molecular weight is 395 g/mol. The van der Waals surface area contributed by atoms with Crippen molar-refractivity contribution in [2.24, 2.45) is 11.8 Å². The first-order valence-electron chi connectivity index (χ1n) is 9.56. The van der Waals surface area contributed by atoms with Crippen LogP contribution in [0.3, 0.4) is 0 Å². The lowest BCUT2D eigenvalue weighted by molar-refractivity contribution is -0.123. The van der Waals surface area contributed by atoms with Gasteiger partial charge < -0.3 is 0 Å². The third kappa shape index (κ3) is 2.46.